The van der Waals surface area contributed by atoms with E-state index in [0.717, 1.165) is 6.07 Å². The van der Waals surface area contributed by atoms with E-state index in [0.29, 0.717) is 18.2 Å². The molecular formula is C15H14F3N5O. The van der Waals surface area contributed by atoms with Crippen molar-refractivity contribution in [2.45, 2.75) is 19.2 Å². The number of alkyl halides is 3. The Kier molecular flexibility index (Phi) is 4.15. The zero-order valence-corrected chi connectivity index (χ0v) is 12.8. The SMILES string of the molecule is Cc1nc([C@@H]2CN(c3ccc(C#N)cc3C(F)(F)F)CCO2)n[nH]1. The van der Waals surface area contributed by atoms with Gasteiger partial charge in [-0.15, -0.1) is 0 Å². The van der Waals surface area contributed by atoms with Gasteiger partial charge < -0.3 is 9.64 Å². The van der Waals surface area contributed by atoms with E-state index in [2.05, 4.69) is 15.2 Å². The normalized spacial score (nSPS) is 18.5. The molecule has 1 aliphatic rings. The lowest BCUT2D eigenvalue weighted by atomic mass is 10.1. The Hall–Kier alpha value is -2.60. The molecule has 6 nitrogen and oxygen atoms in total. The van der Waals surface area contributed by atoms with Crippen LogP contribution in [0.1, 0.15) is 28.9 Å². The average Bonchev–Trinajstić information content (AvgIpc) is 3.00. The summed E-state index contributed by atoms with van der Waals surface area (Å²) in [4.78, 5) is 5.76. The molecule has 1 N–H and O–H groups in total. The molecule has 0 bridgehead atoms. The number of benzene rings is 1. The summed E-state index contributed by atoms with van der Waals surface area (Å²) >= 11 is 0. The van der Waals surface area contributed by atoms with Crippen LogP contribution in [0.5, 0.6) is 0 Å². The lowest BCUT2D eigenvalue weighted by Gasteiger charge is -2.34. The molecule has 1 aromatic carbocycles. The molecule has 0 aliphatic carbocycles. The molecule has 24 heavy (non-hydrogen) atoms. The van der Waals surface area contributed by atoms with Crippen LogP contribution in [-0.4, -0.2) is 34.9 Å². The Bertz CT molecular complexity index is 780. The topological polar surface area (TPSA) is 77.8 Å². The van der Waals surface area contributed by atoms with Gasteiger partial charge in [-0.2, -0.15) is 23.5 Å². The predicted molar refractivity (Wildman–Crippen MR) is 78.2 cm³/mol. The second-order valence-corrected chi connectivity index (χ2v) is 5.43. The van der Waals surface area contributed by atoms with Crippen LogP contribution in [0.2, 0.25) is 0 Å². The molecule has 1 fully saturated rings. The maximum Gasteiger partial charge on any atom is 0.418 e. The fraction of sp³-hybridized carbons (Fsp3) is 0.400. The Labute approximate surface area is 135 Å². The van der Waals surface area contributed by atoms with Gasteiger partial charge in [0.2, 0.25) is 0 Å². The van der Waals surface area contributed by atoms with Crippen LogP contribution < -0.4 is 4.90 Å². The fourth-order valence-electron chi connectivity index (χ4n) is 2.64. The number of rotatable bonds is 2. The Morgan fingerprint density at radius 3 is 2.83 bits per heavy atom. The predicted octanol–water partition coefficient (Wildman–Crippen LogP) is 2.58. The minimum atomic E-state index is -4.54. The van der Waals surface area contributed by atoms with Gasteiger partial charge in [-0.05, 0) is 25.1 Å². The lowest BCUT2D eigenvalue weighted by Crippen LogP contribution is -2.39. The molecule has 2 aromatic rings. The highest BCUT2D eigenvalue weighted by molar-refractivity contribution is 5.58. The number of anilines is 1. The van der Waals surface area contributed by atoms with Crippen molar-refractivity contribution in [1.82, 2.24) is 15.2 Å². The molecule has 1 atom stereocenters. The Balaban J connectivity index is 1.92. The van der Waals surface area contributed by atoms with Gasteiger partial charge in [0.15, 0.2) is 5.82 Å². The largest absolute Gasteiger partial charge is 0.418 e. The Morgan fingerprint density at radius 2 is 2.21 bits per heavy atom. The number of nitriles is 1. The van der Waals surface area contributed by atoms with Crippen molar-refractivity contribution in [3.05, 3.63) is 41.0 Å². The van der Waals surface area contributed by atoms with Crippen LogP contribution in [0.15, 0.2) is 18.2 Å². The van der Waals surface area contributed by atoms with Crippen molar-refractivity contribution in [3.63, 3.8) is 0 Å². The van der Waals surface area contributed by atoms with Crippen LogP contribution in [0, 0.1) is 18.3 Å². The van der Waals surface area contributed by atoms with Crippen LogP contribution in [0.3, 0.4) is 0 Å². The molecule has 0 saturated carbocycles. The summed E-state index contributed by atoms with van der Waals surface area (Å²) in [7, 11) is 0. The number of aromatic nitrogens is 3. The van der Waals surface area contributed by atoms with E-state index < -0.39 is 17.8 Å². The molecule has 0 unspecified atom stereocenters. The molecule has 9 heteroatoms. The molecule has 1 saturated heterocycles. The highest BCUT2D eigenvalue weighted by atomic mass is 19.4. The van der Waals surface area contributed by atoms with Gasteiger partial charge >= 0.3 is 6.18 Å². The number of H-pyrrole nitrogens is 1. The van der Waals surface area contributed by atoms with Gasteiger partial charge in [-0.1, -0.05) is 0 Å². The van der Waals surface area contributed by atoms with E-state index in [1.54, 1.807) is 17.9 Å². The van der Waals surface area contributed by atoms with Gasteiger partial charge in [0.05, 0.1) is 30.3 Å². The molecule has 0 amide bonds. The maximum atomic E-state index is 13.3. The molecule has 126 valence electrons. The highest BCUT2D eigenvalue weighted by Gasteiger charge is 2.37. The smallest absolute Gasteiger partial charge is 0.366 e. The van der Waals surface area contributed by atoms with Crippen LogP contribution in [-0.2, 0) is 10.9 Å². The molecule has 1 aliphatic heterocycles. The number of morpholine rings is 1. The fourth-order valence-corrected chi connectivity index (χ4v) is 2.64. The number of ether oxygens (including phenoxy) is 1. The standard InChI is InChI=1S/C15H14F3N5O/c1-9-20-14(22-21-9)13-8-23(4-5-24-13)12-3-2-10(7-19)6-11(12)15(16,17)18/h2-3,6,13H,4-5,8H2,1H3,(H,20,21,22)/t13-/m0/s1. The van der Waals surface area contributed by atoms with E-state index in [1.807, 2.05) is 0 Å². The van der Waals surface area contributed by atoms with Crippen LogP contribution in [0.25, 0.3) is 0 Å². The minimum absolute atomic E-state index is 0.0273. The first-order valence-corrected chi connectivity index (χ1v) is 7.25. The van der Waals surface area contributed by atoms with Gasteiger partial charge in [0.25, 0.3) is 0 Å². The van der Waals surface area contributed by atoms with Gasteiger partial charge in [-0.3, -0.25) is 5.10 Å². The minimum Gasteiger partial charge on any atom is -0.366 e. The third-order valence-electron chi connectivity index (χ3n) is 3.74. The zero-order valence-electron chi connectivity index (χ0n) is 12.8. The monoisotopic (exact) mass is 337 g/mol. The van der Waals surface area contributed by atoms with Crippen molar-refractivity contribution in [1.29, 1.82) is 5.26 Å². The first-order valence-electron chi connectivity index (χ1n) is 7.25. The van der Waals surface area contributed by atoms with Gasteiger partial charge in [0, 0.05) is 12.2 Å². The number of aromatic amines is 1. The number of halogens is 3. The molecule has 0 radical (unpaired) electrons. The lowest BCUT2D eigenvalue weighted by molar-refractivity contribution is -0.137. The van der Waals surface area contributed by atoms with Crippen molar-refractivity contribution in [2.24, 2.45) is 0 Å². The summed E-state index contributed by atoms with van der Waals surface area (Å²) in [6, 6.07) is 5.32. The number of hydrogen-bond acceptors (Lipinski definition) is 5. The van der Waals surface area contributed by atoms with E-state index in [4.69, 9.17) is 10.00 Å². The average molecular weight is 337 g/mol. The van der Waals surface area contributed by atoms with Crippen LogP contribution >= 0.6 is 0 Å². The summed E-state index contributed by atoms with van der Waals surface area (Å²) in [6.45, 7) is 2.51. The van der Waals surface area contributed by atoms with Crippen molar-refractivity contribution in [2.75, 3.05) is 24.6 Å². The van der Waals surface area contributed by atoms with Crippen molar-refractivity contribution >= 4 is 5.69 Å². The number of aryl methyl sites for hydroxylation is 1. The highest BCUT2D eigenvalue weighted by Crippen LogP contribution is 2.38. The molecule has 0 spiro atoms. The summed E-state index contributed by atoms with van der Waals surface area (Å²) < 4.78 is 45.6. The zero-order chi connectivity index (χ0) is 17.3. The Morgan fingerprint density at radius 1 is 1.42 bits per heavy atom. The first kappa shape index (κ1) is 16.3. The van der Waals surface area contributed by atoms with Crippen molar-refractivity contribution in [3.8, 4) is 6.07 Å². The van der Waals surface area contributed by atoms with E-state index in [1.165, 1.54) is 12.1 Å². The summed E-state index contributed by atoms with van der Waals surface area (Å²) in [5.74, 6) is 1.03. The van der Waals surface area contributed by atoms with Gasteiger partial charge in [0.1, 0.15) is 11.9 Å². The molecule has 3 rings (SSSR count). The second kappa shape index (κ2) is 6.13. The molecular weight excluding hydrogens is 323 g/mol. The molecule has 1 aromatic heterocycles. The van der Waals surface area contributed by atoms with E-state index in [-0.39, 0.29) is 24.4 Å². The third kappa shape index (κ3) is 3.19. The molecule has 2 heterocycles. The van der Waals surface area contributed by atoms with E-state index >= 15 is 0 Å². The first-order chi connectivity index (χ1) is 11.4. The van der Waals surface area contributed by atoms with Crippen molar-refractivity contribution < 1.29 is 17.9 Å². The summed E-state index contributed by atoms with van der Waals surface area (Å²) in [6.07, 6.45) is -5.06. The van der Waals surface area contributed by atoms with E-state index in [9.17, 15) is 13.2 Å². The maximum absolute atomic E-state index is 13.3. The quantitative estimate of drug-likeness (QED) is 0.911. The number of nitrogens with one attached hydrogen (secondary N) is 1. The summed E-state index contributed by atoms with van der Waals surface area (Å²) in [5, 5.41) is 15.6. The second-order valence-electron chi connectivity index (χ2n) is 5.43. The third-order valence-corrected chi connectivity index (χ3v) is 3.74. The van der Waals surface area contributed by atoms with Gasteiger partial charge in [-0.25, -0.2) is 4.98 Å². The number of hydrogen-bond donors (Lipinski definition) is 1. The summed E-state index contributed by atoms with van der Waals surface area (Å²) in [5.41, 5.74) is -0.823. The number of nitrogens with zero attached hydrogens (tertiary/aromatic N) is 4. The van der Waals surface area contributed by atoms with Crippen LogP contribution in [0.4, 0.5) is 18.9 Å².